The van der Waals surface area contributed by atoms with E-state index < -0.39 is 4.92 Å². The van der Waals surface area contributed by atoms with Crippen LogP contribution in [0.4, 0.5) is 5.69 Å². The third-order valence-electron chi connectivity index (χ3n) is 2.87. The molecule has 5 nitrogen and oxygen atoms in total. The van der Waals surface area contributed by atoms with E-state index >= 15 is 0 Å². The number of nitro groups is 1. The number of aliphatic hydroxyl groups is 1. The summed E-state index contributed by atoms with van der Waals surface area (Å²) in [4.78, 5) is 14.1. The van der Waals surface area contributed by atoms with Crippen molar-refractivity contribution in [1.82, 2.24) is 4.98 Å². The van der Waals surface area contributed by atoms with Gasteiger partial charge in [-0.2, -0.15) is 0 Å². The third kappa shape index (κ3) is 3.17. The molecule has 0 amide bonds. The Morgan fingerprint density at radius 3 is 2.76 bits per heavy atom. The summed E-state index contributed by atoms with van der Waals surface area (Å²) in [6.45, 7) is 0. The van der Waals surface area contributed by atoms with Crippen LogP contribution < -0.4 is 0 Å². The third-order valence-corrected chi connectivity index (χ3v) is 4.21. The number of pyridine rings is 1. The van der Waals surface area contributed by atoms with Crippen molar-refractivity contribution in [3.05, 3.63) is 28.4 Å². The fourth-order valence-electron chi connectivity index (χ4n) is 1.92. The Morgan fingerprint density at radius 1 is 1.41 bits per heavy atom. The van der Waals surface area contributed by atoms with Gasteiger partial charge in [0, 0.05) is 11.3 Å². The molecule has 6 heteroatoms. The molecule has 17 heavy (non-hydrogen) atoms. The molecule has 1 aliphatic carbocycles. The zero-order valence-electron chi connectivity index (χ0n) is 9.28. The molecule has 2 atom stereocenters. The predicted octanol–water partition coefficient (Wildman–Crippen LogP) is 2.39. The van der Waals surface area contributed by atoms with Gasteiger partial charge in [0.05, 0.1) is 16.1 Å². The van der Waals surface area contributed by atoms with Gasteiger partial charge < -0.3 is 5.11 Å². The van der Waals surface area contributed by atoms with Gasteiger partial charge in [0.25, 0.3) is 5.69 Å². The normalized spacial score (nSPS) is 24.5. The van der Waals surface area contributed by atoms with E-state index in [0.29, 0.717) is 0 Å². The zero-order valence-corrected chi connectivity index (χ0v) is 10.1. The molecule has 1 fully saturated rings. The van der Waals surface area contributed by atoms with E-state index in [1.165, 1.54) is 24.0 Å². The van der Waals surface area contributed by atoms with Gasteiger partial charge in [-0.1, -0.05) is 12.8 Å². The first-order valence-electron chi connectivity index (χ1n) is 5.62. The fraction of sp³-hybridized carbons (Fsp3) is 0.545. The monoisotopic (exact) mass is 254 g/mol. The molecule has 0 unspecified atom stereocenters. The molecule has 0 spiro atoms. The summed E-state index contributed by atoms with van der Waals surface area (Å²) in [5, 5.41) is 21.2. The number of aromatic nitrogens is 1. The Balaban J connectivity index is 2.00. The van der Waals surface area contributed by atoms with Crippen LogP contribution in [0.5, 0.6) is 0 Å². The number of aliphatic hydroxyl groups excluding tert-OH is 1. The van der Waals surface area contributed by atoms with Gasteiger partial charge in [0.1, 0.15) is 6.20 Å². The highest BCUT2D eigenvalue weighted by atomic mass is 32.2. The molecular formula is C11H14N2O3S. The van der Waals surface area contributed by atoms with Gasteiger partial charge in [-0.05, 0) is 18.9 Å². The second-order valence-electron chi connectivity index (χ2n) is 4.12. The highest BCUT2D eigenvalue weighted by Crippen LogP contribution is 2.33. The number of hydrogen-bond acceptors (Lipinski definition) is 5. The minimum atomic E-state index is -0.461. The SMILES string of the molecule is O=[N+]([O-])c1ccc(S[C@H]2CCCC[C@H]2O)nc1. The Kier molecular flexibility index (Phi) is 3.96. The van der Waals surface area contributed by atoms with E-state index in [9.17, 15) is 15.2 Å². The van der Waals surface area contributed by atoms with Crippen LogP contribution in [0.1, 0.15) is 25.7 Å². The molecule has 0 radical (unpaired) electrons. The van der Waals surface area contributed by atoms with E-state index in [0.717, 1.165) is 30.7 Å². The van der Waals surface area contributed by atoms with Crippen LogP contribution in [0.2, 0.25) is 0 Å². The number of rotatable bonds is 3. The Bertz CT molecular complexity index is 396. The molecular weight excluding hydrogens is 240 g/mol. The lowest BCUT2D eigenvalue weighted by Gasteiger charge is -2.26. The first-order chi connectivity index (χ1) is 8.16. The molecule has 0 aromatic carbocycles. The summed E-state index contributed by atoms with van der Waals surface area (Å²) in [6.07, 6.45) is 4.99. The molecule has 1 aromatic heterocycles. The molecule has 92 valence electrons. The summed E-state index contributed by atoms with van der Waals surface area (Å²) in [5.74, 6) is 0. The van der Waals surface area contributed by atoms with Crippen molar-refractivity contribution in [2.45, 2.75) is 42.1 Å². The maximum Gasteiger partial charge on any atom is 0.287 e. The summed E-state index contributed by atoms with van der Waals surface area (Å²) < 4.78 is 0. The van der Waals surface area contributed by atoms with E-state index in [1.807, 2.05) is 0 Å². The van der Waals surface area contributed by atoms with Gasteiger partial charge in [-0.15, -0.1) is 11.8 Å². The van der Waals surface area contributed by atoms with Gasteiger partial charge in [0.2, 0.25) is 0 Å². The lowest BCUT2D eigenvalue weighted by Crippen LogP contribution is -2.26. The predicted molar refractivity (Wildman–Crippen MR) is 65.0 cm³/mol. The second-order valence-corrected chi connectivity index (χ2v) is 5.38. The van der Waals surface area contributed by atoms with Gasteiger partial charge in [-0.3, -0.25) is 10.1 Å². The fourth-order valence-corrected chi connectivity index (χ4v) is 3.07. The number of nitrogens with zero attached hydrogens (tertiary/aromatic N) is 2. The summed E-state index contributed by atoms with van der Waals surface area (Å²) in [5.41, 5.74) is -0.00135. The van der Waals surface area contributed by atoms with E-state index in [1.54, 1.807) is 6.07 Å². The first-order valence-corrected chi connectivity index (χ1v) is 6.50. The minimum Gasteiger partial charge on any atom is -0.392 e. The molecule has 1 heterocycles. The lowest BCUT2D eigenvalue weighted by atomic mass is 9.97. The van der Waals surface area contributed by atoms with E-state index in [4.69, 9.17) is 0 Å². The van der Waals surface area contributed by atoms with Crippen LogP contribution in [0.3, 0.4) is 0 Å². The van der Waals surface area contributed by atoms with Crippen molar-refractivity contribution in [2.75, 3.05) is 0 Å². The quantitative estimate of drug-likeness (QED) is 0.662. The van der Waals surface area contributed by atoms with Crippen LogP contribution in [0.25, 0.3) is 0 Å². The highest BCUT2D eigenvalue weighted by molar-refractivity contribution is 7.99. The molecule has 1 aliphatic rings. The molecule has 0 saturated heterocycles. The van der Waals surface area contributed by atoms with Crippen molar-refractivity contribution in [2.24, 2.45) is 0 Å². The topological polar surface area (TPSA) is 76.3 Å². The lowest BCUT2D eigenvalue weighted by molar-refractivity contribution is -0.385. The van der Waals surface area contributed by atoms with Crippen molar-refractivity contribution in [1.29, 1.82) is 0 Å². The Morgan fingerprint density at radius 2 is 2.18 bits per heavy atom. The Hall–Kier alpha value is -1.14. The van der Waals surface area contributed by atoms with Crippen LogP contribution >= 0.6 is 11.8 Å². The van der Waals surface area contributed by atoms with Crippen LogP contribution in [0, 0.1) is 10.1 Å². The Labute approximate surface area is 103 Å². The van der Waals surface area contributed by atoms with E-state index in [-0.39, 0.29) is 17.0 Å². The average Bonchev–Trinajstić information content (AvgIpc) is 2.33. The van der Waals surface area contributed by atoms with Gasteiger partial charge in [-0.25, -0.2) is 4.98 Å². The summed E-state index contributed by atoms with van der Waals surface area (Å²) in [6, 6.07) is 3.09. The number of thioether (sulfide) groups is 1. The molecule has 1 N–H and O–H groups in total. The van der Waals surface area contributed by atoms with Crippen molar-refractivity contribution < 1.29 is 10.0 Å². The highest BCUT2D eigenvalue weighted by Gasteiger charge is 2.24. The standard InChI is InChI=1S/C11H14N2O3S/c14-9-3-1-2-4-10(9)17-11-6-5-8(7-12-11)13(15)16/h5-7,9-10,14H,1-4H2/t9-,10+/m1/s1. The summed E-state index contributed by atoms with van der Waals surface area (Å²) in [7, 11) is 0. The van der Waals surface area contributed by atoms with Gasteiger partial charge in [0.15, 0.2) is 0 Å². The maximum atomic E-state index is 10.5. The van der Waals surface area contributed by atoms with Crippen molar-refractivity contribution in [3.63, 3.8) is 0 Å². The van der Waals surface area contributed by atoms with Crippen molar-refractivity contribution in [3.8, 4) is 0 Å². The maximum absolute atomic E-state index is 10.5. The second kappa shape index (κ2) is 5.46. The van der Waals surface area contributed by atoms with Crippen LogP contribution in [0.15, 0.2) is 23.4 Å². The van der Waals surface area contributed by atoms with Crippen LogP contribution in [-0.2, 0) is 0 Å². The zero-order chi connectivity index (χ0) is 12.3. The van der Waals surface area contributed by atoms with Crippen LogP contribution in [-0.4, -0.2) is 26.4 Å². The first kappa shape index (κ1) is 12.3. The summed E-state index contributed by atoms with van der Waals surface area (Å²) >= 11 is 1.51. The molecule has 0 bridgehead atoms. The molecule has 1 saturated carbocycles. The smallest absolute Gasteiger partial charge is 0.287 e. The molecule has 1 aromatic rings. The largest absolute Gasteiger partial charge is 0.392 e. The molecule has 0 aliphatic heterocycles. The minimum absolute atomic E-state index is 0.00135. The van der Waals surface area contributed by atoms with E-state index in [2.05, 4.69) is 4.98 Å². The molecule has 2 rings (SSSR count). The van der Waals surface area contributed by atoms with Gasteiger partial charge >= 0.3 is 0 Å². The average molecular weight is 254 g/mol. The number of hydrogen-bond donors (Lipinski definition) is 1. The van der Waals surface area contributed by atoms with Crippen molar-refractivity contribution >= 4 is 17.4 Å².